The Hall–Kier alpha value is -1.86. The van der Waals surface area contributed by atoms with E-state index in [-0.39, 0.29) is 16.6 Å². The van der Waals surface area contributed by atoms with Crippen LogP contribution in [0.3, 0.4) is 0 Å². The molecule has 0 saturated carbocycles. The van der Waals surface area contributed by atoms with Crippen LogP contribution in [0.15, 0.2) is 27.5 Å². The van der Waals surface area contributed by atoms with Crippen molar-refractivity contribution in [2.45, 2.75) is 51.9 Å². The van der Waals surface area contributed by atoms with E-state index in [2.05, 4.69) is 26.1 Å². The molecular weight excluding hydrogens is 376 g/mol. The molecule has 1 aliphatic rings. The number of sulfonamides is 1. The van der Waals surface area contributed by atoms with Crippen LogP contribution in [0.5, 0.6) is 0 Å². The number of benzene rings is 1. The number of carbonyl (C=O) groups excluding carboxylic acids is 1. The normalized spacial score (nSPS) is 21.1. The Morgan fingerprint density at radius 3 is 2.57 bits per heavy atom. The highest BCUT2D eigenvalue weighted by Crippen LogP contribution is 2.31. The second kappa shape index (κ2) is 8.25. The number of carbonyl (C=O) groups is 1. The lowest BCUT2D eigenvalue weighted by molar-refractivity contribution is 0.0926. The summed E-state index contributed by atoms with van der Waals surface area (Å²) in [5, 5.41) is 3.52. The number of nitrogens with one attached hydrogen (secondary N) is 1. The van der Waals surface area contributed by atoms with Crippen molar-refractivity contribution in [3.05, 3.63) is 29.5 Å². The maximum Gasteiger partial charge on any atom is 0.287 e. The van der Waals surface area contributed by atoms with Crippen molar-refractivity contribution in [1.29, 1.82) is 0 Å². The molecule has 1 amide bonds. The van der Waals surface area contributed by atoms with Gasteiger partial charge in [-0.25, -0.2) is 8.42 Å². The van der Waals surface area contributed by atoms with Crippen LogP contribution in [0, 0.1) is 18.8 Å². The van der Waals surface area contributed by atoms with Crippen molar-refractivity contribution in [3.63, 3.8) is 0 Å². The van der Waals surface area contributed by atoms with Gasteiger partial charge in [0.2, 0.25) is 10.0 Å². The lowest BCUT2D eigenvalue weighted by Gasteiger charge is -2.34. The number of aryl methyl sites for hydroxylation is 1. The molecule has 0 unspecified atom stereocenters. The number of nitrogens with zero attached hydrogens (tertiary/aromatic N) is 1. The van der Waals surface area contributed by atoms with Gasteiger partial charge in [0.05, 0.1) is 4.90 Å². The molecule has 1 aliphatic heterocycles. The third-order valence-corrected chi connectivity index (χ3v) is 7.23. The second-order valence-electron chi connectivity index (χ2n) is 8.09. The molecule has 2 aromatic rings. The predicted molar refractivity (Wildman–Crippen MR) is 110 cm³/mol. The van der Waals surface area contributed by atoms with Gasteiger partial charge in [-0.1, -0.05) is 27.2 Å². The highest BCUT2D eigenvalue weighted by Gasteiger charge is 2.32. The van der Waals surface area contributed by atoms with Crippen LogP contribution in [0.4, 0.5) is 0 Å². The largest absolute Gasteiger partial charge is 0.451 e. The highest BCUT2D eigenvalue weighted by atomic mass is 32.2. The number of rotatable bonds is 6. The summed E-state index contributed by atoms with van der Waals surface area (Å²) in [6.45, 7) is 9.71. The molecular formula is C21H30N2O4S. The molecule has 0 bridgehead atoms. The van der Waals surface area contributed by atoms with Crippen LogP contribution in [0.2, 0.25) is 0 Å². The first-order chi connectivity index (χ1) is 13.2. The second-order valence-corrected chi connectivity index (χ2v) is 10.0. The average Bonchev–Trinajstić information content (AvgIpc) is 2.97. The highest BCUT2D eigenvalue weighted by molar-refractivity contribution is 7.89. The molecule has 1 fully saturated rings. The molecule has 1 aromatic heterocycles. The van der Waals surface area contributed by atoms with Gasteiger partial charge in [0.15, 0.2) is 5.76 Å². The van der Waals surface area contributed by atoms with Gasteiger partial charge in [-0.05, 0) is 49.8 Å². The van der Waals surface area contributed by atoms with Gasteiger partial charge in [-0.15, -0.1) is 0 Å². The Balaban J connectivity index is 1.91. The number of amides is 1. The third kappa shape index (κ3) is 4.10. The van der Waals surface area contributed by atoms with Gasteiger partial charge >= 0.3 is 0 Å². The molecule has 1 aromatic carbocycles. The van der Waals surface area contributed by atoms with Gasteiger partial charge in [0, 0.05) is 30.6 Å². The summed E-state index contributed by atoms with van der Waals surface area (Å²) in [6, 6.07) is 4.86. The van der Waals surface area contributed by atoms with Crippen molar-refractivity contribution in [2.24, 2.45) is 11.8 Å². The molecule has 1 saturated heterocycles. The first-order valence-corrected chi connectivity index (χ1v) is 11.5. The van der Waals surface area contributed by atoms with Crippen molar-refractivity contribution in [2.75, 3.05) is 19.6 Å². The van der Waals surface area contributed by atoms with Gasteiger partial charge < -0.3 is 9.73 Å². The van der Waals surface area contributed by atoms with Crippen LogP contribution < -0.4 is 5.32 Å². The molecule has 6 nitrogen and oxygen atoms in total. The fourth-order valence-corrected chi connectivity index (χ4v) is 5.69. The van der Waals surface area contributed by atoms with Crippen LogP contribution in [-0.4, -0.2) is 38.3 Å². The minimum atomic E-state index is -3.57. The lowest BCUT2D eigenvalue weighted by Crippen LogP contribution is -2.42. The quantitative estimate of drug-likeness (QED) is 0.737. The van der Waals surface area contributed by atoms with Crippen LogP contribution in [0.25, 0.3) is 11.0 Å². The van der Waals surface area contributed by atoms with E-state index < -0.39 is 10.0 Å². The van der Waals surface area contributed by atoms with Crippen LogP contribution >= 0.6 is 0 Å². The predicted octanol–water partition coefficient (Wildman–Crippen LogP) is 3.94. The molecule has 3 rings (SSSR count). The maximum absolute atomic E-state index is 13.2. The summed E-state index contributed by atoms with van der Waals surface area (Å²) in [5.74, 6) is 0.679. The van der Waals surface area contributed by atoms with E-state index in [9.17, 15) is 13.2 Å². The summed E-state index contributed by atoms with van der Waals surface area (Å²) >= 11 is 0. The zero-order valence-corrected chi connectivity index (χ0v) is 17.9. The van der Waals surface area contributed by atoms with Crippen LogP contribution in [0.1, 0.15) is 56.2 Å². The Morgan fingerprint density at radius 2 is 1.93 bits per heavy atom. The van der Waals surface area contributed by atoms with Crippen LogP contribution in [-0.2, 0) is 10.0 Å². The molecule has 2 heterocycles. The van der Waals surface area contributed by atoms with E-state index >= 15 is 0 Å². The molecule has 1 N–H and O–H groups in total. The van der Waals surface area contributed by atoms with E-state index in [1.807, 2.05) is 0 Å². The Labute approximate surface area is 167 Å². The zero-order valence-electron chi connectivity index (χ0n) is 17.1. The van der Waals surface area contributed by atoms with Crippen molar-refractivity contribution >= 4 is 26.9 Å². The van der Waals surface area contributed by atoms with Gasteiger partial charge in [-0.3, -0.25) is 4.79 Å². The van der Waals surface area contributed by atoms with Gasteiger partial charge in [-0.2, -0.15) is 4.31 Å². The standard InChI is InChI=1S/C21H30N2O4S/c1-5-6-9-22-21(24)20-16(4)18-11-17(7-8-19(18)27-20)28(25,26)23-12-14(2)10-15(3)13-23/h7-8,11,14-15H,5-6,9-10,12-13H2,1-4H3,(H,22,24)/t14-,15+. The van der Waals surface area contributed by atoms with Crippen molar-refractivity contribution in [1.82, 2.24) is 9.62 Å². The summed E-state index contributed by atoms with van der Waals surface area (Å²) in [4.78, 5) is 12.6. The van der Waals surface area contributed by atoms with Gasteiger partial charge in [0.25, 0.3) is 5.91 Å². The van der Waals surface area contributed by atoms with Crippen molar-refractivity contribution in [3.8, 4) is 0 Å². The summed E-state index contributed by atoms with van der Waals surface area (Å²) in [7, 11) is -3.57. The van der Waals surface area contributed by atoms with Gasteiger partial charge in [0.1, 0.15) is 5.58 Å². The van der Waals surface area contributed by atoms with E-state index in [4.69, 9.17) is 4.42 Å². The first kappa shape index (κ1) is 20.9. The SMILES string of the molecule is CCCCNC(=O)c1oc2ccc(S(=O)(=O)N3C[C@H](C)C[C@H](C)C3)cc2c1C. The molecule has 0 radical (unpaired) electrons. The molecule has 0 spiro atoms. The number of fused-ring (bicyclic) bond motifs is 1. The molecule has 7 heteroatoms. The number of hydrogen-bond acceptors (Lipinski definition) is 4. The molecule has 0 aliphatic carbocycles. The third-order valence-electron chi connectivity index (χ3n) is 5.40. The molecule has 154 valence electrons. The number of piperidine rings is 1. The first-order valence-electron chi connectivity index (χ1n) is 10.1. The van der Waals surface area contributed by atoms with E-state index in [1.165, 1.54) is 0 Å². The minimum absolute atomic E-state index is 0.251. The Morgan fingerprint density at radius 1 is 1.25 bits per heavy atom. The van der Waals surface area contributed by atoms with E-state index in [0.717, 1.165) is 19.3 Å². The zero-order chi connectivity index (χ0) is 20.5. The fraction of sp³-hybridized carbons (Fsp3) is 0.571. The summed E-state index contributed by atoms with van der Waals surface area (Å²) in [6.07, 6.45) is 2.94. The number of hydrogen-bond donors (Lipinski definition) is 1. The number of furan rings is 1. The average molecular weight is 407 g/mol. The monoisotopic (exact) mass is 406 g/mol. The minimum Gasteiger partial charge on any atom is -0.451 e. The summed E-state index contributed by atoms with van der Waals surface area (Å²) < 4.78 is 33.6. The molecule has 28 heavy (non-hydrogen) atoms. The fourth-order valence-electron chi connectivity index (χ4n) is 3.99. The Kier molecular flexibility index (Phi) is 6.15. The number of unbranched alkanes of at least 4 members (excludes halogenated alkanes) is 1. The smallest absolute Gasteiger partial charge is 0.287 e. The Bertz CT molecular complexity index is 954. The van der Waals surface area contributed by atoms with E-state index in [0.29, 0.717) is 48.0 Å². The summed E-state index contributed by atoms with van der Waals surface area (Å²) in [5.41, 5.74) is 1.19. The maximum atomic E-state index is 13.2. The topological polar surface area (TPSA) is 79.6 Å². The molecule has 2 atom stereocenters. The van der Waals surface area contributed by atoms with Crippen molar-refractivity contribution < 1.29 is 17.6 Å². The lowest BCUT2D eigenvalue weighted by atomic mass is 9.94. The van der Waals surface area contributed by atoms with E-state index in [1.54, 1.807) is 29.4 Å².